The lowest BCUT2D eigenvalue weighted by atomic mass is 9.87. The van der Waals surface area contributed by atoms with Gasteiger partial charge in [-0.05, 0) is 41.2 Å². The molecule has 0 amide bonds. The predicted molar refractivity (Wildman–Crippen MR) is 99.6 cm³/mol. The van der Waals surface area contributed by atoms with Gasteiger partial charge in [-0.2, -0.15) is 0 Å². The van der Waals surface area contributed by atoms with Gasteiger partial charge in [-0.25, -0.2) is 0 Å². The van der Waals surface area contributed by atoms with Crippen LogP contribution in [0.2, 0.25) is 0 Å². The fourth-order valence-electron chi connectivity index (χ4n) is 2.75. The smallest absolute Gasteiger partial charge is 0.130 e. The summed E-state index contributed by atoms with van der Waals surface area (Å²) in [5, 5.41) is 4.05. The van der Waals surface area contributed by atoms with Crippen molar-refractivity contribution in [2.75, 3.05) is 12.4 Å². The number of thioether (sulfide) groups is 1. The molecule has 0 spiro atoms. The number of nitrogens with one attached hydrogen (secondary N) is 1. The third-order valence-corrected chi connectivity index (χ3v) is 5.34. The summed E-state index contributed by atoms with van der Waals surface area (Å²) in [6.45, 7) is 7.77. The molecule has 1 fully saturated rings. The molecular formula is C20H25NOS. The zero-order valence-corrected chi connectivity index (χ0v) is 15.0. The van der Waals surface area contributed by atoms with Crippen molar-refractivity contribution in [1.82, 2.24) is 5.32 Å². The molecule has 2 aromatic carbocycles. The molecule has 0 radical (unpaired) electrons. The maximum atomic E-state index is 6.16. The average Bonchev–Trinajstić information content (AvgIpc) is 3.02. The van der Waals surface area contributed by atoms with Gasteiger partial charge in [-0.1, -0.05) is 51.1 Å². The number of hydrogen-bond donors (Lipinski definition) is 1. The van der Waals surface area contributed by atoms with Gasteiger partial charge in [0.05, 0.1) is 0 Å². The van der Waals surface area contributed by atoms with Crippen molar-refractivity contribution >= 4 is 11.8 Å². The highest BCUT2D eigenvalue weighted by atomic mass is 32.2. The van der Waals surface area contributed by atoms with Gasteiger partial charge in [0.1, 0.15) is 11.5 Å². The molecule has 0 aliphatic carbocycles. The van der Waals surface area contributed by atoms with Gasteiger partial charge in [0.25, 0.3) is 0 Å². The lowest BCUT2D eigenvalue weighted by Crippen LogP contribution is -2.15. The van der Waals surface area contributed by atoms with E-state index in [9.17, 15) is 0 Å². The summed E-state index contributed by atoms with van der Waals surface area (Å²) in [6, 6.07) is 16.9. The van der Waals surface area contributed by atoms with Crippen LogP contribution in [0.5, 0.6) is 11.5 Å². The van der Waals surface area contributed by atoms with Crippen LogP contribution in [0.1, 0.15) is 31.9 Å². The number of rotatable bonds is 4. The Bertz CT molecular complexity index is 639. The minimum absolute atomic E-state index is 0.170. The Balaban J connectivity index is 1.74. The van der Waals surface area contributed by atoms with E-state index in [1.807, 2.05) is 17.8 Å². The standard InChI is InChI=1S/C20H25NOS/c1-20(2,3)16-8-10-17(11-9-16)22-19-7-5-4-6-15(19)12-18-13-21-14-23-18/h4-11,18,21H,12-14H2,1-3H3. The van der Waals surface area contributed by atoms with Gasteiger partial charge >= 0.3 is 0 Å². The minimum atomic E-state index is 0.170. The van der Waals surface area contributed by atoms with Crippen molar-refractivity contribution in [2.45, 2.75) is 37.9 Å². The van der Waals surface area contributed by atoms with E-state index in [-0.39, 0.29) is 5.41 Å². The summed E-state index contributed by atoms with van der Waals surface area (Å²) >= 11 is 1.99. The number of hydrogen-bond acceptors (Lipinski definition) is 3. The quantitative estimate of drug-likeness (QED) is 0.855. The largest absolute Gasteiger partial charge is 0.457 e. The molecule has 1 atom stereocenters. The Kier molecular flexibility index (Phi) is 4.98. The highest BCUT2D eigenvalue weighted by Gasteiger charge is 2.18. The van der Waals surface area contributed by atoms with Crippen LogP contribution in [0, 0.1) is 0 Å². The van der Waals surface area contributed by atoms with Gasteiger partial charge in [-0.15, -0.1) is 11.8 Å². The van der Waals surface area contributed by atoms with Gasteiger partial charge in [0.15, 0.2) is 0 Å². The van der Waals surface area contributed by atoms with Crippen molar-refractivity contribution in [3.63, 3.8) is 0 Å². The Morgan fingerprint density at radius 3 is 2.48 bits per heavy atom. The molecule has 0 bridgehead atoms. The molecule has 0 aromatic heterocycles. The molecule has 3 heteroatoms. The highest BCUT2D eigenvalue weighted by molar-refractivity contribution is 8.00. The van der Waals surface area contributed by atoms with E-state index >= 15 is 0 Å². The van der Waals surface area contributed by atoms with Crippen LogP contribution in [0.15, 0.2) is 48.5 Å². The van der Waals surface area contributed by atoms with Crippen molar-refractivity contribution in [3.8, 4) is 11.5 Å². The first-order chi connectivity index (χ1) is 11.0. The van der Waals surface area contributed by atoms with E-state index in [1.165, 1.54) is 11.1 Å². The lowest BCUT2D eigenvalue weighted by Gasteiger charge is -2.19. The maximum absolute atomic E-state index is 6.16. The Morgan fingerprint density at radius 2 is 1.83 bits per heavy atom. The van der Waals surface area contributed by atoms with E-state index in [0.29, 0.717) is 5.25 Å². The van der Waals surface area contributed by atoms with Crippen LogP contribution in [-0.4, -0.2) is 17.7 Å². The molecule has 1 aliphatic rings. The van der Waals surface area contributed by atoms with Crippen LogP contribution < -0.4 is 10.1 Å². The van der Waals surface area contributed by atoms with Crippen LogP contribution in [0.4, 0.5) is 0 Å². The van der Waals surface area contributed by atoms with Crippen molar-refractivity contribution < 1.29 is 4.74 Å². The minimum Gasteiger partial charge on any atom is -0.457 e. The van der Waals surface area contributed by atoms with Gasteiger partial charge in [0.2, 0.25) is 0 Å². The molecular weight excluding hydrogens is 302 g/mol. The zero-order chi connectivity index (χ0) is 16.3. The number of ether oxygens (including phenoxy) is 1. The van der Waals surface area contributed by atoms with Crippen molar-refractivity contribution in [1.29, 1.82) is 0 Å². The second-order valence-electron chi connectivity index (χ2n) is 7.08. The Morgan fingerprint density at radius 1 is 1.09 bits per heavy atom. The van der Waals surface area contributed by atoms with Crippen LogP contribution in [0.25, 0.3) is 0 Å². The molecule has 1 aliphatic heterocycles. The fraction of sp³-hybridized carbons (Fsp3) is 0.400. The first-order valence-corrected chi connectivity index (χ1v) is 9.26. The van der Waals surface area contributed by atoms with E-state index in [1.54, 1.807) is 0 Å². The molecule has 0 saturated carbocycles. The van der Waals surface area contributed by atoms with Crippen LogP contribution in [0.3, 0.4) is 0 Å². The summed E-state index contributed by atoms with van der Waals surface area (Å²) in [7, 11) is 0. The monoisotopic (exact) mass is 327 g/mol. The van der Waals surface area contributed by atoms with Gasteiger partial charge < -0.3 is 10.1 Å². The van der Waals surface area contributed by atoms with Gasteiger partial charge in [0, 0.05) is 17.7 Å². The van der Waals surface area contributed by atoms with Crippen molar-refractivity contribution in [2.24, 2.45) is 0 Å². The molecule has 2 aromatic rings. The van der Waals surface area contributed by atoms with E-state index in [2.05, 4.69) is 68.6 Å². The highest BCUT2D eigenvalue weighted by Crippen LogP contribution is 2.30. The third-order valence-electron chi connectivity index (χ3n) is 4.16. The zero-order valence-electron chi connectivity index (χ0n) is 14.1. The fourth-order valence-corrected chi connectivity index (χ4v) is 3.76. The maximum Gasteiger partial charge on any atom is 0.130 e. The molecule has 1 N–H and O–H groups in total. The topological polar surface area (TPSA) is 21.3 Å². The second kappa shape index (κ2) is 6.98. The van der Waals surface area contributed by atoms with E-state index in [4.69, 9.17) is 4.74 Å². The molecule has 1 unspecified atom stereocenters. The summed E-state index contributed by atoms with van der Waals surface area (Å²) in [5.74, 6) is 2.94. The normalized spacial score (nSPS) is 18.1. The summed E-state index contributed by atoms with van der Waals surface area (Å²) in [4.78, 5) is 0. The summed E-state index contributed by atoms with van der Waals surface area (Å²) in [5.41, 5.74) is 2.78. The predicted octanol–water partition coefficient (Wildman–Crippen LogP) is 4.98. The van der Waals surface area contributed by atoms with E-state index < -0.39 is 0 Å². The Labute approximate surface area is 143 Å². The molecule has 23 heavy (non-hydrogen) atoms. The third kappa shape index (κ3) is 4.30. The number of benzene rings is 2. The lowest BCUT2D eigenvalue weighted by molar-refractivity contribution is 0.474. The Hall–Kier alpha value is -1.45. The van der Waals surface area contributed by atoms with Crippen molar-refractivity contribution in [3.05, 3.63) is 59.7 Å². The second-order valence-corrected chi connectivity index (χ2v) is 8.36. The molecule has 2 nitrogen and oxygen atoms in total. The molecule has 1 heterocycles. The van der Waals surface area contributed by atoms with Crippen LogP contribution in [-0.2, 0) is 11.8 Å². The molecule has 122 valence electrons. The summed E-state index contributed by atoms with van der Waals surface area (Å²) < 4.78 is 6.16. The van der Waals surface area contributed by atoms with E-state index in [0.717, 1.165) is 30.3 Å². The van der Waals surface area contributed by atoms with Gasteiger partial charge in [-0.3, -0.25) is 0 Å². The summed E-state index contributed by atoms with van der Waals surface area (Å²) in [6.07, 6.45) is 1.05. The SMILES string of the molecule is CC(C)(C)c1ccc(Oc2ccccc2CC2CNCS2)cc1. The first kappa shape index (κ1) is 16.4. The average molecular weight is 327 g/mol. The van der Waals surface area contributed by atoms with Crippen LogP contribution >= 0.6 is 11.8 Å². The number of para-hydroxylation sites is 1. The molecule has 3 rings (SSSR count). The first-order valence-electron chi connectivity index (χ1n) is 8.21. The molecule has 1 saturated heterocycles.